The topological polar surface area (TPSA) is 58.2 Å². The predicted molar refractivity (Wildman–Crippen MR) is 85.7 cm³/mol. The molecule has 2 N–H and O–H groups in total. The lowest BCUT2D eigenvalue weighted by Gasteiger charge is -2.12. The average Bonchev–Trinajstić information content (AvgIpc) is 3.18. The first-order valence-corrected chi connectivity index (χ1v) is 9.28. The Hall–Kier alpha value is -0.910. The lowest BCUT2D eigenvalue weighted by atomic mass is 10.1. The summed E-state index contributed by atoms with van der Waals surface area (Å²) in [5.41, 5.74) is 2.27. The Bertz CT molecular complexity index is 584. The zero-order valence-corrected chi connectivity index (χ0v) is 14.0. The molecule has 1 saturated carbocycles. The molecule has 1 fully saturated rings. The minimum absolute atomic E-state index is 0.376. The molecule has 0 saturated heterocycles. The Morgan fingerprint density at radius 2 is 1.95 bits per heavy atom. The summed E-state index contributed by atoms with van der Waals surface area (Å²) in [4.78, 5) is 0.376. The van der Waals surface area contributed by atoms with Crippen molar-refractivity contribution >= 4 is 10.0 Å². The van der Waals surface area contributed by atoms with E-state index in [-0.39, 0.29) is 0 Å². The maximum Gasteiger partial charge on any atom is 0.240 e. The highest BCUT2D eigenvalue weighted by atomic mass is 32.2. The van der Waals surface area contributed by atoms with Crippen molar-refractivity contribution in [2.75, 3.05) is 13.1 Å². The SMILES string of the molecule is CCNCc1cc(S(=O)(=O)NCC2CC2C)ccc1CC. The van der Waals surface area contributed by atoms with E-state index in [0.29, 0.717) is 29.8 Å². The standard InChI is InChI=1S/C16H26N2O2S/c1-4-13-6-7-16(9-15(13)10-17-5-2)21(19,20)18-11-14-8-12(14)3/h6-7,9,12,14,17-18H,4-5,8,10-11H2,1-3H3. The van der Waals surface area contributed by atoms with Crippen LogP contribution in [0.5, 0.6) is 0 Å². The summed E-state index contributed by atoms with van der Waals surface area (Å²) in [5.74, 6) is 1.16. The van der Waals surface area contributed by atoms with Gasteiger partial charge in [-0.2, -0.15) is 0 Å². The molecule has 4 nitrogen and oxygen atoms in total. The van der Waals surface area contributed by atoms with Crippen LogP contribution in [0.25, 0.3) is 0 Å². The van der Waals surface area contributed by atoms with Crippen LogP contribution in [0.15, 0.2) is 23.1 Å². The maximum absolute atomic E-state index is 12.4. The second kappa shape index (κ2) is 6.90. The Morgan fingerprint density at radius 1 is 1.24 bits per heavy atom. The quantitative estimate of drug-likeness (QED) is 0.774. The van der Waals surface area contributed by atoms with Crippen LogP contribution < -0.4 is 10.0 Å². The van der Waals surface area contributed by atoms with Crippen molar-refractivity contribution in [1.29, 1.82) is 0 Å². The van der Waals surface area contributed by atoms with Crippen LogP contribution in [0, 0.1) is 11.8 Å². The van der Waals surface area contributed by atoms with Crippen molar-refractivity contribution in [2.24, 2.45) is 11.8 Å². The predicted octanol–water partition coefficient (Wildman–Crippen LogP) is 2.29. The Morgan fingerprint density at radius 3 is 2.52 bits per heavy atom. The molecule has 2 unspecified atom stereocenters. The molecule has 5 heteroatoms. The van der Waals surface area contributed by atoms with Gasteiger partial charge in [0, 0.05) is 13.1 Å². The minimum atomic E-state index is -3.39. The van der Waals surface area contributed by atoms with E-state index in [9.17, 15) is 8.42 Å². The summed E-state index contributed by atoms with van der Waals surface area (Å²) in [7, 11) is -3.39. The Kier molecular flexibility index (Phi) is 5.41. The summed E-state index contributed by atoms with van der Waals surface area (Å²) in [6, 6.07) is 5.45. The lowest BCUT2D eigenvalue weighted by Crippen LogP contribution is -2.26. The number of aryl methyl sites for hydroxylation is 1. The molecule has 0 amide bonds. The lowest BCUT2D eigenvalue weighted by molar-refractivity contribution is 0.574. The molecule has 0 aliphatic heterocycles. The first kappa shape index (κ1) is 16.5. The third-order valence-corrected chi connectivity index (χ3v) is 5.67. The van der Waals surface area contributed by atoms with Crippen molar-refractivity contribution in [3.63, 3.8) is 0 Å². The van der Waals surface area contributed by atoms with Gasteiger partial charge in [-0.05, 0) is 54.5 Å². The van der Waals surface area contributed by atoms with Crippen molar-refractivity contribution in [3.05, 3.63) is 29.3 Å². The number of benzene rings is 1. The smallest absolute Gasteiger partial charge is 0.240 e. The number of hydrogen-bond acceptors (Lipinski definition) is 3. The van der Waals surface area contributed by atoms with Gasteiger partial charge in [0.25, 0.3) is 0 Å². The van der Waals surface area contributed by atoms with Crippen molar-refractivity contribution in [1.82, 2.24) is 10.0 Å². The molecule has 118 valence electrons. The van der Waals surface area contributed by atoms with Gasteiger partial charge in [0.15, 0.2) is 0 Å². The van der Waals surface area contributed by atoms with Gasteiger partial charge in [-0.3, -0.25) is 0 Å². The van der Waals surface area contributed by atoms with E-state index in [1.54, 1.807) is 12.1 Å². The van der Waals surface area contributed by atoms with Crippen LogP contribution in [0.2, 0.25) is 0 Å². The van der Waals surface area contributed by atoms with Gasteiger partial charge in [0.05, 0.1) is 4.90 Å². The second-order valence-electron chi connectivity index (χ2n) is 5.89. The molecule has 1 aromatic carbocycles. The fourth-order valence-corrected chi connectivity index (χ4v) is 3.67. The highest BCUT2D eigenvalue weighted by molar-refractivity contribution is 7.89. The summed E-state index contributed by atoms with van der Waals surface area (Å²) in [6.45, 7) is 8.43. The third kappa shape index (κ3) is 4.28. The van der Waals surface area contributed by atoms with Gasteiger partial charge in [-0.15, -0.1) is 0 Å². The first-order valence-electron chi connectivity index (χ1n) is 7.80. The van der Waals surface area contributed by atoms with Gasteiger partial charge in [0.1, 0.15) is 0 Å². The summed E-state index contributed by atoms with van der Waals surface area (Å²) >= 11 is 0. The van der Waals surface area contributed by atoms with Crippen LogP contribution >= 0.6 is 0 Å². The number of sulfonamides is 1. The molecular formula is C16H26N2O2S. The van der Waals surface area contributed by atoms with E-state index in [4.69, 9.17) is 0 Å². The van der Waals surface area contributed by atoms with Gasteiger partial charge in [0.2, 0.25) is 10.0 Å². The van der Waals surface area contributed by atoms with Crippen molar-refractivity contribution in [2.45, 2.75) is 45.1 Å². The molecule has 0 radical (unpaired) electrons. The Balaban J connectivity index is 2.13. The van der Waals surface area contributed by atoms with Gasteiger partial charge in [-0.1, -0.05) is 26.8 Å². The first-order chi connectivity index (χ1) is 9.97. The van der Waals surface area contributed by atoms with Gasteiger partial charge < -0.3 is 5.32 Å². The zero-order valence-electron chi connectivity index (χ0n) is 13.1. The maximum atomic E-state index is 12.4. The fraction of sp³-hybridized carbons (Fsp3) is 0.625. The van der Waals surface area contributed by atoms with E-state index in [0.717, 1.165) is 24.9 Å². The summed E-state index contributed by atoms with van der Waals surface area (Å²) in [6.07, 6.45) is 2.04. The Labute approximate surface area is 128 Å². The van der Waals surface area contributed by atoms with E-state index in [2.05, 4.69) is 23.9 Å². The molecule has 0 spiro atoms. The third-order valence-electron chi connectivity index (χ3n) is 4.25. The summed E-state index contributed by atoms with van der Waals surface area (Å²) < 4.78 is 27.5. The molecule has 0 heterocycles. The average molecular weight is 310 g/mol. The molecule has 0 aromatic heterocycles. The van der Waals surface area contributed by atoms with Crippen LogP contribution in [0.3, 0.4) is 0 Å². The normalized spacial score (nSPS) is 21.5. The molecule has 2 rings (SSSR count). The second-order valence-corrected chi connectivity index (χ2v) is 7.66. The molecule has 2 atom stereocenters. The molecule has 1 aliphatic rings. The highest BCUT2D eigenvalue weighted by Crippen LogP contribution is 2.37. The van der Waals surface area contributed by atoms with E-state index in [1.165, 1.54) is 5.56 Å². The number of hydrogen-bond donors (Lipinski definition) is 2. The van der Waals surface area contributed by atoms with E-state index in [1.807, 2.05) is 13.0 Å². The number of nitrogens with one attached hydrogen (secondary N) is 2. The fourth-order valence-electron chi connectivity index (χ4n) is 2.52. The molecular weight excluding hydrogens is 284 g/mol. The van der Waals surface area contributed by atoms with Gasteiger partial charge in [-0.25, -0.2) is 13.1 Å². The molecule has 1 aromatic rings. The van der Waals surface area contributed by atoms with E-state index >= 15 is 0 Å². The van der Waals surface area contributed by atoms with Crippen LogP contribution in [-0.2, 0) is 23.0 Å². The van der Waals surface area contributed by atoms with Crippen LogP contribution in [0.4, 0.5) is 0 Å². The molecule has 1 aliphatic carbocycles. The van der Waals surface area contributed by atoms with Crippen LogP contribution in [-0.4, -0.2) is 21.5 Å². The molecule has 21 heavy (non-hydrogen) atoms. The monoisotopic (exact) mass is 310 g/mol. The summed E-state index contributed by atoms with van der Waals surface area (Å²) in [5, 5.41) is 3.27. The number of rotatable bonds is 8. The zero-order chi connectivity index (χ0) is 15.5. The minimum Gasteiger partial charge on any atom is -0.313 e. The van der Waals surface area contributed by atoms with E-state index < -0.39 is 10.0 Å². The van der Waals surface area contributed by atoms with Gasteiger partial charge >= 0.3 is 0 Å². The van der Waals surface area contributed by atoms with Crippen molar-refractivity contribution < 1.29 is 8.42 Å². The largest absolute Gasteiger partial charge is 0.313 e. The van der Waals surface area contributed by atoms with Crippen molar-refractivity contribution in [3.8, 4) is 0 Å². The highest BCUT2D eigenvalue weighted by Gasteiger charge is 2.33. The molecule has 0 bridgehead atoms. The van der Waals surface area contributed by atoms with Crippen LogP contribution in [0.1, 0.15) is 38.3 Å².